The number of nitrogens with two attached hydrogens (primary N) is 1. The number of aromatic nitrogens is 1. The minimum atomic E-state index is -0.903. The number of carbonyl (C=O) groups is 1. The molecule has 0 bridgehead atoms. The predicted molar refractivity (Wildman–Crippen MR) is 56.1 cm³/mol. The fourth-order valence-corrected chi connectivity index (χ4v) is 0.854. The zero-order chi connectivity index (χ0) is 10.8. The lowest BCUT2D eigenvalue weighted by molar-refractivity contribution is -0.120. The quantitative estimate of drug-likeness (QED) is 0.730. The normalized spacial score (nSPS) is 11.1. The average Bonchev–Trinajstić information content (AvgIpc) is 2.07. The van der Waals surface area contributed by atoms with E-state index >= 15 is 0 Å². The third-order valence-electron chi connectivity index (χ3n) is 1.57. The highest BCUT2D eigenvalue weighted by molar-refractivity contribution is 6.29. The molecule has 0 radical (unpaired) electrons. The number of rotatable bonds is 2. The minimum absolute atomic E-state index is 0.262. The molecule has 4 nitrogen and oxygen atoms in total. The van der Waals surface area contributed by atoms with Crippen LogP contribution >= 0.6 is 11.6 Å². The van der Waals surface area contributed by atoms with Crippen LogP contribution in [0.25, 0.3) is 0 Å². The van der Waals surface area contributed by atoms with Gasteiger partial charge in [-0.3, -0.25) is 4.79 Å². The fourth-order valence-electron chi connectivity index (χ4n) is 0.742. The summed E-state index contributed by atoms with van der Waals surface area (Å²) in [5.41, 5.74) is 5.28. The molecular weight excluding hydrogens is 202 g/mol. The Bertz CT molecular complexity index is 329. The molecule has 1 rings (SSSR count). The van der Waals surface area contributed by atoms with Crippen molar-refractivity contribution >= 4 is 23.2 Å². The van der Waals surface area contributed by atoms with E-state index in [1.807, 2.05) is 0 Å². The number of hydrogen-bond acceptors (Lipinski definition) is 3. The van der Waals surface area contributed by atoms with Gasteiger partial charge in [-0.05, 0) is 26.0 Å². The van der Waals surface area contributed by atoms with Crippen LogP contribution in [0.1, 0.15) is 13.8 Å². The molecule has 0 saturated heterocycles. The molecule has 0 saturated carbocycles. The summed E-state index contributed by atoms with van der Waals surface area (Å²) in [6.45, 7) is 3.26. The van der Waals surface area contributed by atoms with E-state index in [9.17, 15) is 4.79 Å². The van der Waals surface area contributed by atoms with Crippen molar-refractivity contribution in [1.82, 2.24) is 4.98 Å². The Morgan fingerprint density at radius 3 is 2.64 bits per heavy atom. The smallest absolute Gasteiger partial charge is 0.243 e. The second-order valence-corrected chi connectivity index (χ2v) is 3.93. The highest BCUT2D eigenvalue weighted by Gasteiger charge is 2.21. The number of anilines is 1. The van der Waals surface area contributed by atoms with Crippen LogP contribution in [0.5, 0.6) is 0 Å². The van der Waals surface area contributed by atoms with Crippen molar-refractivity contribution in [2.24, 2.45) is 5.73 Å². The SMILES string of the molecule is CC(C)(N)C(=O)Nc1ccc(Cl)nc1. The van der Waals surface area contributed by atoms with Crippen molar-refractivity contribution in [3.63, 3.8) is 0 Å². The Hall–Kier alpha value is -1.13. The first-order valence-corrected chi connectivity index (χ1v) is 4.49. The number of halogens is 1. The molecule has 5 heteroatoms. The Labute approximate surface area is 87.5 Å². The van der Waals surface area contributed by atoms with Gasteiger partial charge in [0.05, 0.1) is 17.4 Å². The van der Waals surface area contributed by atoms with Crippen LogP contribution in [-0.4, -0.2) is 16.4 Å². The molecule has 0 aliphatic rings. The van der Waals surface area contributed by atoms with Crippen LogP contribution in [0.2, 0.25) is 5.15 Å². The van der Waals surface area contributed by atoms with Crippen LogP contribution in [0, 0.1) is 0 Å². The van der Waals surface area contributed by atoms with Gasteiger partial charge < -0.3 is 11.1 Å². The second-order valence-electron chi connectivity index (χ2n) is 3.55. The number of amides is 1. The number of nitrogens with one attached hydrogen (secondary N) is 1. The van der Waals surface area contributed by atoms with E-state index in [0.29, 0.717) is 10.8 Å². The Balaban J connectivity index is 2.71. The molecule has 0 fully saturated rings. The third-order valence-corrected chi connectivity index (χ3v) is 1.79. The minimum Gasteiger partial charge on any atom is -0.323 e. The van der Waals surface area contributed by atoms with Crippen molar-refractivity contribution in [1.29, 1.82) is 0 Å². The topological polar surface area (TPSA) is 68.0 Å². The van der Waals surface area contributed by atoms with Gasteiger partial charge in [0.25, 0.3) is 0 Å². The summed E-state index contributed by atoms with van der Waals surface area (Å²) >= 11 is 5.59. The molecule has 1 heterocycles. The Morgan fingerprint density at radius 1 is 1.57 bits per heavy atom. The second kappa shape index (κ2) is 3.94. The van der Waals surface area contributed by atoms with E-state index in [1.54, 1.807) is 26.0 Å². The van der Waals surface area contributed by atoms with Crippen LogP contribution in [-0.2, 0) is 4.79 Å². The Morgan fingerprint density at radius 2 is 2.21 bits per heavy atom. The lowest BCUT2D eigenvalue weighted by atomic mass is 10.1. The molecule has 0 aliphatic heterocycles. The van der Waals surface area contributed by atoms with Gasteiger partial charge in [0, 0.05) is 0 Å². The molecule has 14 heavy (non-hydrogen) atoms. The van der Waals surface area contributed by atoms with E-state index < -0.39 is 5.54 Å². The van der Waals surface area contributed by atoms with Gasteiger partial charge in [-0.2, -0.15) is 0 Å². The molecule has 1 amide bonds. The van der Waals surface area contributed by atoms with E-state index in [0.717, 1.165) is 0 Å². The van der Waals surface area contributed by atoms with Gasteiger partial charge in [-0.1, -0.05) is 11.6 Å². The monoisotopic (exact) mass is 213 g/mol. The first-order chi connectivity index (χ1) is 6.39. The lowest BCUT2D eigenvalue weighted by Crippen LogP contribution is -2.45. The molecule has 0 unspecified atom stereocenters. The molecule has 0 spiro atoms. The maximum atomic E-state index is 11.4. The predicted octanol–water partition coefficient (Wildman–Crippen LogP) is 1.41. The van der Waals surface area contributed by atoms with Crippen molar-refractivity contribution in [3.05, 3.63) is 23.5 Å². The van der Waals surface area contributed by atoms with Crippen LogP contribution in [0.4, 0.5) is 5.69 Å². The van der Waals surface area contributed by atoms with Crippen molar-refractivity contribution in [3.8, 4) is 0 Å². The Kier molecular flexibility index (Phi) is 3.08. The molecule has 3 N–H and O–H groups in total. The number of nitrogens with zero attached hydrogens (tertiary/aromatic N) is 1. The molecule has 0 aromatic carbocycles. The van der Waals surface area contributed by atoms with Gasteiger partial charge in [0.1, 0.15) is 5.15 Å². The van der Waals surface area contributed by atoms with Gasteiger partial charge >= 0.3 is 0 Å². The summed E-state index contributed by atoms with van der Waals surface area (Å²) in [4.78, 5) is 15.2. The zero-order valence-corrected chi connectivity index (χ0v) is 8.80. The van der Waals surface area contributed by atoms with Crippen molar-refractivity contribution in [2.75, 3.05) is 5.32 Å². The van der Waals surface area contributed by atoms with E-state index in [-0.39, 0.29) is 5.91 Å². The highest BCUT2D eigenvalue weighted by Crippen LogP contribution is 2.11. The van der Waals surface area contributed by atoms with Crippen molar-refractivity contribution in [2.45, 2.75) is 19.4 Å². The molecule has 1 aromatic rings. The average molecular weight is 214 g/mol. The van der Waals surface area contributed by atoms with Crippen LogP contribution in [0.15, 0.2) is 18.3 Å². The van der Waals surface area contributed by atoms with Crippen LogP contribution < -0.4 is 11.1 Å². The molecular formula is C9H12ClN3O. The van der Waals surface area contributed by atoms with Gasteiger partial charge in [0.2, 0.25) is 5.91 Å². The first kappa shape index (κ1) is 10.9. The number of hydrogen-bond donors (Lipinski definition) is 2. The highest BCUT2D eigenvalue weighted by atomic mass is 35.5. The van der Waals surface area contributed by atoms with Crippen molar-refractivity contribution < 1.29 is 4.79 Å². The summed E-state index contributed by atoms with van der Waals surface area (Å²) in [6.07, 6.45) is 1.48. The summed E-state index contributed by atoms with van der Waals surface area (Å²) in [7, 11) is 0. The fraction of sp³-hybridized carbons (Fsp3) is 0.333. The van der Waals surface area contributed by atoms with E-state index in [1.165, 1.54) is 6.20 Å². The van der Waals surface area contributed by atoms with E-state index in [4.69, 9.17) is 17.3 Å². The van der Waals surface area contributed by atoms with E-state index in [2.05, 4.69) is 10.3 Å². The van der Waals surface area contributed by atoms with Gasteiger partial charge in [-0.25, -0.2) is 4.98 Å². The largest absolute Gasteiger partial charge is 0.323 e. The van der Waals surface area contributed by atoms with Gasteiger partial charge in [-0.15, -0.1) is 0 Å². The van der Waals surface area contributed by atoms with Gasteiger partial charge in [0.15, 0.2) is 0 Å². The summed E-state index contributed by atoms with van der Waals surface area (Å²) in [5, 5.41) is 3.01. The molecule has 0 aliphatic carbocycles. The standard InChI is InChI=1S/C9H12ClN3O/c1-9(2,11)8(14)13-6-3-4-7(10)12-5-6/h3-5H,11H2,1-2H3,(H,13,14). The maximum Gasteiger partial charge on any atom is 0.243 e. The lowest BCUT2D eigenvalue weighted by Gasteiger charge is -2.17. The maximum absolute atomic E-state index is 11.4. The summed E-state index contributed by atoms with van der Waals surface area (Å²) in [6, 6.07) is 3.26. The summed E-state index contributed by atoms with van der Waals surface area (Å²) in [5.74, 6) is -0.262. The first-order valence-electron chi connectivity index (χ1n) is 4.11. The number of carbonyl (C=O) groups excluding carboxylic acids is 1. The zero-order valence-electron chi connectivity index (χ0n) is 8.04. The molecule has 1 aromatic heterocycles. The third kappa shape index (κ3) is 2.97. The molecule has 76 valence electrons. The summed E-state index contributed by atoms with van der Waals surface area (Å²) < 4.78 is 0. The van der Waals surface area contributed by atoms with Crippen LogP contribution in [0.3, 0.4) is 0 Å². The molecule has 0 atom stereocenters. The number of pyridine rings is 1.